The van der Waals surface area contributed by atoms with Gasteiger partial charge < -0.3 is 18.9 Å². The minimum atomic E-state index is -3.02. The predicted molar refractivity (Wildman–Crippen MR) is 84.8 cm³/mol. The quantitative estimate of drug-likeness (QED) is 0.528. The van der Waals surface area contributed by atoms with Gasteiger partial charge in [-0.1, -0.05) is 34.6 Å². The minimum absolute atomic E-state index is 0.00188. The average molecular weight is 326 g/mol. The molecule has 122 valence electrons. The maximum atomic E-state index is 10.8. The van der Waals surface area contributed by atoms with Crippen LogP contribution in [0.15, 0.2) is 0 Å². The van der Waals surface area contributed by atoms with Gasteiger partial charge in [0, 0.05) is 0 Å². The normalized spacial score (nSPS) is 17.1. The summed E-state index contributed by atoms with van der Waals surface area (Å²) in [6.07, 6.45) is 0.441. The molecule has 0 fully saturated rings. The van der Waals surface area contributed by atoms with E-state index >= 15 is 0 Å². The lowest BCUT2D eigenvalue weighted by atomic mass is 9.91. The van der Waals surface area contributed by atoms with E-state index in [1.54, 1.807) is 0 Å². The fraction of sp³-hybridized carbons (Fsp3) is 1.00. The average Bonchev–Trinajstić information content (AvgIpc) is 2.31. The summed E-state index contributed by atoms with van der Waals surface area (Å²) in [7, 11) is -5.12. The lowest BCUT2D eigenvalue weighted by molar-refractivity contribution is -0.0880. The number of hydrogen-bond acceptors (Lipinski definition) is 4. The second-order valence-corrected chi connectivity index (χ2v) is 12.3. The number of hydrogen-bond donors (Lipinski definition) is 2. The maximum Gasteiger partial charge on any atom is 0.316 e. The van der Waals surface area contributed by atoms with Gasteiger partial charge >= 0.3 is 8.25 Å². The third-order valence-electron chi connectivity index (χ3n) is 4.43. The maximum absolute atomic E-state index is 10.8. The molecule has 0 aliphatic rings. The van der Waals surface area contributed by atoms with Gasteiger partial charge in [-0.15, -0.1) is 0 Å². The van der Waals surface area contributed by atoms with E-state index in [0.29, 0.717) is 12.8 Å². The summed E-state index contributed by atoms with van der Waals surface area (Å²) < 4.78 is 21.9. The van der Waals surface area contributed by atoms with Gasteiger partial charge in [-0.3, -0.25) is 4.57 Å². The Morgan fingerprint density at radius 1 is 1.20 bits per heavy atom. The molecule has 0 rings (SSSR count). The Bertz CT molecular complexity index is 323. The molecule has 0 aliphatic heterocycles. The second-order valence-electron chi connectivity index (χ2n) is 6.75. The molecule has 2 N–H and O–H groups in total. The van der Waals surface area contributed by atoms with Gasteiger partial charge in [0.2, 0.25) is 0 Å². The van der Waals surface area contributed by atoms with Crippen LogP contribution < -0.4 is 0 Å². The topological polar surface area (TPSA) is 76.0 Å². The Balaban J connectivity index is 5.18. The van der Waals surface area contributed by atoms with Crippen molar-refractivity contribution in [3.8, 4) is 0 Å². The monoisotopic (exact) mass is 326 g/mol. The zero-order valence-electron chi connectivity index (χ0n) is 13.8. The van der Waals surface area contributed by atoms with Crippen LogP contribution in [-0.4, -0.2) is 36.6 Å². The van der Waals surface area contributed by atoms with Crippen LogP contribution in [0, 0.1) is 0 Å². The molecule has 7 heteroatoms. The Hall–Kier alpha value is 0.287. The fourth-order valence-corrected chi connectivity index (χ4v) is 3.33. The molecule has 2 atom stereocenters. The van der Waals surface area contributed by atoms with Crippen molar-refractivity contribution in [1.29, 1.82) is 0 Å². The van der Waals surface area contributed by atoms with Gasteiger partial charge in [-0.05, 0) is 31.0 Å². The van der Waals surface area contributed by atoms with Gasteiger partial charge in [0.1, 0.15) is 0 Å². The molecule has 0 saturated carbocycles. The SMILES string of the molecule is CCC(O)(CC)C(CO[PH](=O)O)O[Si](C)(C)C(C)(C)C. The van der Waals surface area contributed by atoms with Gasteiger partial charge in [0.15, 0.2) is 8.32 Å². The van der Waals surface area contributed by atoms with E-state index in [-0.39, 0.29) is 11.6 Å². The molecule has 0 heterocycles. The summed E-state index contributed by atoms with van der Waals surface area (Å²) in [6.45, 7) is 14.2. The van der Waals surface area contributed by atoms with Crippen LogP contribution in [0.3, 0.4) is 0 Å². The first kappa shape index (κ1) is 20.3. The molecule has 0 bridgehead atoms. The Kier molecular flexibility index (Phi) is 7.63. The van der Waals surface area contributed by atoms with E-state index < -0.39 is 28.3 Å². The molecule has 0 radical (unpaired) electrons. The summed E-state index contributed by atoms with van der Waals surface area (Å²) in [6, 6.07) is 0. The first-order valence-corrected chi connectivity index (χ1v) is 11.3. The Labute approximate surface area is 124 Å². The Morgan fingerprint density at radius 3 is 1.95 bits per heavy atom. The highest BCUT2D eigenvalue weighted by molar-refractivity contribution is 7.32. The lowest BCUT2D eigenvalue weighted by Gasteiger charge is -2.44. The highest BCUT2D eigenvalue weighted by Crippen LogP contribution is 2.39. The minimum Gasteiger partial charge on any atom is -0.409 e. The molecule has 2 unspecified atom stereocenters. The van der Waals surface area contributed by atoms with Gasteiger partial charge in [0.25, 0.3) is 0 Å². The van der Waals surface area contributed by atoms with E-state index in [1.807, 2.05) is 13.8 Å². The van der Waals surface area contributed by atoms with E-state index in [2.05, 4.69) is 33.9 Å². The van der Waals surface area contributed by atoms with Crippen molar-refractivity contribution in [3.05, 3.63) is 0 Å². The van der Waals surface area contributed by atoms with Crippen LogP contribution in [0.4, 0.5) is 0 Å². The first-order chi connectivity index (χ1) is 8.89. The van der Waals surface area contributed by atoms with Crippen molar-refractivity contribution in [2.24, 2.45) is 0 Å². The summed E-state index contributed by atoms with van der Waals surface area (Å²) >= 11 is 0. The van der Waals surface area contributed by atoms with Crippen LogP contribution >= 0.6 is 8.25 Å². The molecular formula is C13H31O5PSi. The largest absolute Gasteiger partial charge is 0.409 e. The van der Waals surface area contributed by atoms with Crippen LogP contribution in [0.5, 0.6) is 0 Å². The molecule has 0 aromatic rings. The summed E-state index contributed by atoms with van der Waals surface area (Å²) in [5.74, 6) is 0. The molecule has 0 amide bonds. The molecule has 0 saturated heterocycles. The van der Waals surface area contributed by atoms with Gasteiger partial charge in [0.05, 0.1) is 18.3 Å². The van der Waals surface area contributed by atoms with Crippen molar-refractivity contribution >= 4 is 16.6 Å². The zero-order valence-corrected chi connectivity index (χ0v) is 15.8. The van der Waals surface area contributed by atoms with E-state index in [0.717, 1.165) is 0 Å². The van der Waals surface area contributed by atoms with Crippen molar-refractivity contribution in [1.82, 2.24) is 0 Å². The smallest absolute Gasteiger partial charge is 0.316 e. The molecular weight excluding hydrogens is 295 g/mol. The van der Waals surface area contributed by atoms with E-state index in [4.69, 9.17) is 13.8 Å². The first-order valence-electron chi connectivity index (χ1n) is 7.15. The highest BCUT2D eigenvalue weighted by atomic mass is 31.1. The summed E-state index contributed by atoms with van der Waals surface area (Å²) in [5, 5.41) is 10.7. The molecule has 0 spiro atoms. The number of aliphatic hydroxyl groups is 1. The van der Waals surface area contributed by atoms with Crippen LogP contribution in [-0.2, 0) is 13.5 Å². The fourth-order valence-electron chi connectivity index (χ4n) is 1.68. The van der Waals surface area contributed by atoms with Crippen LogP contribution in [0.1, 0.15) is 47.5 Å². The number of rotatable bonds is 8. The Morgan fingerprint density at radius 2 is 1.65 bits per heavy atom. The van der Waals surface area contributed by atoms with Crippen molar-refractivity contribution in [2.75, 3.05) is 6.61 Å². The zero-order chi connectivity index (χ0) is 16.2. The van der Waals surface area contributed by atoms with Crippen LogP contribution in [0.2, 0.25) is 18.1 Å². The molecule has 0 aromatic carbocycles. The third kappa shape index (κ3) is 5.58. The highest BCUT2D eigenvalue weighted by Gasteiger charge is 2.44. The standard InChI is InChI=1S/C13H31O5PSi/c1-8-13(14,9-2)11(10-17-19(15)16)18-20(6,7)12(3,4)5/h11,14,19H,8-10H2,1-7H3,(H,15,16). The van der Waals surface area contributed by atoms with E-state index in [1.165, 1.54) is 0 Å². The third-order valence-corrected chi connectivity index (χ3v) is 9.32. The van der Waals surface area contributed by atoms with Crippen molar-refractivity contribution < 1.29 is 23.5 Å². The van der Waals surface area contributed by atoms with Gasteiger partial charge in [-0.25, -0.2) is 0 Å². The molecule has 0 aliphatic carbocycles. The predicted octanol–water partition coefficient (Wildman–Crippen LogP) is 3.33. The molecule has 0 aromatic heterocycles. The van der Waals surface area contributed by atoms with Gasteiger partial charge in [-0.2, -0.15) is 0 Å². The van der Waals surface area contributed by atoms with Crippen molar-refractivity contribution in [3.63, 3.8) is 0 Å². The van der Waals surface area contributed by atoms with E-state index in [9.17, 15) is 9.67 Å². The van der Waals surface area contributed by atoms with Crippen LogP contribution in [0.25, 0.3) is 0 Å². The lowest BCUT2D eigenvalue weighted by Crippen LogP contribution is -2.53. The summed E-state index contributed by atoms with van der Waals surface area (Å²) in [5.41, 5.74) is -1.03. The molecule has 20 heavy (non-hydrogen) atoms. The molecule has 5 nitrogen and oxygen atoms in total. The van der Waals surface area contributed by atoms with Crippen molar-refractivity contribution in [2.45, 2.75) is 77.3 Å². The second kappa shape index (κ2) is 7.52. The summed E-state index contributed by atoms with van der Waals surface area (Å²) in [4.78, 5) is 8.87.